The van der Waals surface area contributed by atoms with E-state index in [-0.39, 0.29) is 6.54 Å². The van der Waals surface area contributed by atoms with Gasteiger partial charge in [0.05, 0.1) is 15.9 Å². The fourth-order valence-corrected chi connectivity index (χ4v) is 2.10. The molecule has 5 nitrogen and oxygen atoms in total. The Balaban J connectivity index is 2.73. The molecule has 1 aromatic heterocycles. The van der Waals surface area contributed by atoms with Gasteiger partial charge in [0.1, 0.15) is 6.10 Å². The fourth-order valence-electron chi connectivity index (χ4n) is 1.53. The summed E-state index contributed by atoms with van der Waals surface area (Å²) < 4.78 is 33.1. The maximum absolute atomic E-state index is 10.5. The third-order valence-corrected chi connectivity index (χ3v) is 2.99. The van der Waals surface area contributed by atoms with E-state index < -0.39 is 22.0 Å². The van der Waals surface area contributed by atoms with Crippen molar-refractivity contribution in [3.05, 3.63) is 30.1 Å². The van der Waals surface area contributed by atoms with Gasteiger partial charge in [0.15, 0.2) is 18.4 Å². The first-order valence-corrected chi connectivity index (χ1v) is 6.59. The van der Waals surface area contributed by atoms with Gasteiger partial charge in [0, 0.05) is 18.6 Å². The van der Waals surface area contributed by atoms with Crippen LogP contribution in [-0.4, -0.2) is 29.9 Å². The van der Waals surface area contributed by atoms with Crippen LogP contribution >= 0.6 is 0 Å². The van der Waals surface area contributed by atoms with Gasteiger partial charge in [0.2, 0.25) is 0 Å². The lowest BCUT2D eigenvalue weighted by atomic mass is 10.2. The molecule has 0 radical (unpaired) electrons. The largest absolute Gasteiger partial charge is 0.748 e. The average Bonchev–Trinajstić information content (AvgIpc) is 2.15. The second-order valence-electron chi connectivity index (χ2n) is 3.58. The predicted molar refractivity (Wildman–Crippen MR) is 56.6 cm³/mol. The van der Waals surface area contributed by atoms with Crippen molar-refractivity contribution in [3.8, 4) is 0 Å². The van der Waals surface area contributed by atoms with Crippen LogP contribution in [0.5, 0.6) is 0 Å². The fraction of sp³-hybridized carbons (Fsp3) is 0.500. The van der Waals surface area contributed by atoms with Crippen molar-refractivity contribution in [3.63, 3.8) is 0 Å². The highest BCUT2D eigenvalue weighted by Gasteiger charge is 2.16. The summed E-state index contributed by atoms with van der Waals surface area (Å²) in [5.74, 6) is -0.752. The molecular weight excluding hydrogens is 230 g/mol. The van der Waals surface area contributed by atoms with Crippen molar-refractivity contribution >= 4 is 10.1 Å². The summed E-state index contributed by atoms with van der Waals surface area (Å²) in [5.41, 5.74) is 0.977. The molecule has 1 N–H and O–H groups in total. The molecule has 0 aromatic carbocycles. The molecule has 0 fully saturated rings. The highest BCUT2D eigenvalue weighted by atomic mass is 32.2. The Morgan fingerprint density at radius 1 is 1.50 bits per heavy atom. The Bertz CT molecular complexity index is 444. The molecule has 0 aliphatic carbocycles. The second-order valence-corrected chi connectivity index (χ2v) is 5.02. The van der Waals surface area contributed by atoms with Crippen LogP contribution in [0.1, 0.15) is 12.6 Å². The Hall–Kier alpha value is -0.980. The number of aliphatic hydroxyl groups excluding tert-OH is 1. The lowest BCUT2D eigenvalue weighted by Crippen LogP contribution is -2.45. The van der Waals surface area contributed by atoms with Gasteiger partial charge >= 0.3 is 0 Å². The highest BCUT2D eigenvalue weighted by Crippen LogP contribution is 1.95. The first-order valence-electron chi connectivity index (χ1n) is 5.01. The predicted octanol–water partition coefficient (Wildman–Crippen LogP) is -0.557. The number of rotatable bonds is 5. The molecule has 1 atom stereocenters. The standard InChI is InChI=1S/C10H15NO4S/c1-2-9-5-3-4-6-11(9)7-10(12)8-16(13,14)15/h3-6,10,12H,2,7-8H2,1H3. The first kappa shape index (κ1) is 13.1. The van der Waals surface area contributed by atoms with Gasteiger partial charge in [-0.3, -0.25) is 0 Å². The minimum atomic E-state index is -4.38. The van der Waals surface area contributed by atoms with Crippen molar-refractivity contribution in [1.29, 1.82) is 0 Å². The third-order valence-electron chi connectivity index (χ3n) is 2.20. The van der Waals surface area contributed by atoms with E-state index in [9.17, 15) is 18.1 Å². The van der Waals surface area contributed by atoms with E-state index in [0.717, 1.165) is 12.1 Å². The molecule has 0 saturated heterocycles. The molecule has 6 heteroatoms. The van der Waals surface area contributed by atoms with Crippen LogP contribution in [0.25, 0.3) is 0 Å². The number of pyridine rings is 1. The van der Waals surface area contributed by atoms with Crippen LogP contribution in [0, 0.1) is 0 Å². The van der Waals surface area contributed by atoms with Gasteiger partial charge in [-0.1, -0.05) is 13.0 Å². The maximum atomic E-state index is 10.5. The van der Waals surface area contributed by atoms with Crippen LogP contribution in [0.3, 0.4) is 0 Å². The van der Waals surface area contributed by atoms with E-state index >= 15 is 0 Å². The minimum Gasteiger partial charge on any atom is -0.748 e. The summed E-state index contributed by atoms with van der Waals surface area (Å²) in [6, 6.07) is 5.54. The van der Waals surface area contributed by atoms with Crippen molar-refractivity contribution < 1.29 is 22.6 Å². The zero-order valence-corrected chi connectivity index (χ0v) is 9.85. The summed E-state index contributed by atoms with van der Waals surface area (Å²) in [5, 5.41) is 9.46. The number of nitrogens with zero attached hydrogens (tertiary/aromatic N) is 1. The molecule has 1 heterocycles. The van der Waals surface area contributed by atoms with Crippen LogP contribution in [0.2, 0.25) is 0 Å². The third kappa shape index (κ3) is 4.26. The van der Waals surface area contributed by atoms with Gasteiger partial charge < -0.3 is 9.66 Å². The molecule has 90 valence electrons. The Morgan fingerprint density at radius 2 is 2.19 bits per heavy atom. The van der Waals surface area contributed by atoms with Crippen molar-refractivity contribution in [2.75, 3.05) is 5.75 Å². The van der Waals surface area contributed by atoms with E-state index in [1.54, 1.807) is 16.8 Å². The van der Waals surface area contributed by atoms with Gasteiger partial charge in [-0.15, -0.1) is 0 Å². The summed E-state index contributed by atoms with van der Waals surface area (Å²) in [6.45, 7) is 2.08. The zero-order chi connectivity index (χ0) is 12.2. The van der Waals surface area contributed by atoms with E-state index in [2.05, 4.69) is 0 Å². The van der Waals surface area contributed by atoms with Crippen LogP contribution in [0.15, 0.2) is 24.4 Å². The lowest BCUT2D eigenvalue weighted by Gasteiger charge is -2.11. The number of aliphatic hydroxyl groups is 1. The quantitative estimate of drug-likeness (QED) is 0.557. The van der Waals surface area contributed by atoms with E-state index in [0.29, 0.717) is 0 Å². The van der Waals surface area contributed by atoms with Crippen LogP contribution in [-0.2, 0) is 23.1 Å². The Kier molecular flexibility index (Phi) is 4.40. The topological polar surface area (TPSA) is 81.3 Å². The van der Waals surface area contributed by atoms with Crippen LogP contribution in [0.4, 0.5) is 0 Å². The van der Waals surface area contributed by atoms with Gasteiger partial charge in [-0.2, -0.15) is 4.57 Å². The Morgan fingerprint density at radius 3 is 2.75 bits per heavy atom. The molecule has 0 amide bonds. The molecular formula is C10H15NO4S. The first-order chi connectivity index (χ1) is 7.42. The molecule has 0 aliphatic rings. The second kappa shape index (κ2) is 5.38. The lowest BCUT2D eigenvalue weighted by molar-refractivity contribution is -0.709. The normalized spacial score (nSPS) is 13.7. The molecule has 1 aromatic rings. The number of aromatic nitrogens is 1. The SMILES string of the molecule is CCc1cccc[n+]1CC(O)CS(=O)(=O)[O-]. The number of hydrogen-bond acceptors (Lipinski definition) is 4. The van der Waals surface area contributed by atoms with Crippen molar-refractivity contribution in [1.82, 2.24) is 0 Å². The average molecular weight is 245 g/mol. The number of aryl methyl sites for hydroxylation is 1. The molecule has 1 rings (SSSR count). The highest BCUT2D eigenvalue weighted by molar-refractivity contribution is 7.85. The molecule has 0 bridgehead atoms. The van der Waals surface area contributed by atoms with E-state index in [1.165, 1.54) is 0 Å². The Labute approximate surface area is 95.1 Å². The summed E-state index contributed by atoms with van der Waals surface area (Å²) in [4.78, 5) is 0. The number of hydrogen-bond donors (Lipinski definition) is 1. The zero-order valence-electron chi connectivity index (χ0n) is 9.04. The van der Waals surface area contributed by atoms with Crippen LogP contribution < -0.4 is 4.57 Å². The molecule has 16 heavy (non-hydrogen) atoms. The van der Waals surface area contributed by atoms with Crippen molar-refractivity contribution in [2.24, 2.45) is 0 Å². The molecule has 0 spiro atoms. The molecule has 1 unspecified atom stereocenters. The summed E-state index contributed by atoms with van der Waals surface area (Å²) >= 11 is 0. The monoisotopic (exact) mass is 245 g/mol. The van der Waals surface area contributed by atoms with Gasteiger partial charge in [-0.25, -0.2) is 8.42 Å². The van der Waals surface area contributed by atoms with Crippen molar-refractivity contribution in [2.45, 2.75) is 26.0 Å². The van der Waals surface area contributed by atoms with E-state index in [1.807, 2.05) is 19.1 Å². The molecule has 0 aliphatic heterocycles. The smallest absolute Gasteiger partial charge is 0.181 e. The minimum absolute atomic E-state index is 0.117. The van der Waals surface area contributed by atoms with E-state index in [4.69, 9.17) is 0 Å². The summed E-state index contributed by atoms with van der Waals surface area (Å²) in [7, 11) is -4.38. The van der Waals surface area contributed by atoms with Gasteiger partial charge in [-0.05, 0) is 0 Å². The maximum Gasteiger partial charge on any atom is 0.181 e. The molecule has 0 saturated carbocycles. The summed E-state index contributed by atoms with van der Waals surface area (Å²) in [6.07, 6.45) is 1.36. The van der Waals surface area contributed by atoms with Gasteiger partial charge in [0.25, 0.3) is 0 Å².